The van der Waals surface area contributed by atoms with Crippen molar-refractivity contribution in [1.29, 1.82) is 0 Å². The second-order valence-corrected chi connectivity index (χ2v) is 9.82. The van der Waals surface area contributed by atoms with E-state index in [0.29, 0.717) is 17.9 Å². The van der Waals surface area contributed by atoms with Gasteiger partial charge in [0.25, 0.3) is 5.91 Å². The van der Waals surface area contributed by atoms with E-state index in [0.717, 1.165) is 61.5 Å². The number of hydrogen-bond donors (Lipinski definition) is 3. The Bertz CT molecular complexity index is 936. The number of aryl methyl sites for hydroxylation is 1. The number of rotatable bonds is 5. The number of nitrogens with one attached hydrogen (secondary N) is 3. The van der Waals surface area contributed by atoms with Crippen LogP contribution in [-0.4, -0.2) is 30.0 Å². The molecule has 0 spiro atoms. The number of amides is 1. The van der Waals surface area contributed by atoms with Crippen LogP contribution in [0.3, 0.4) is 0 Å². The highest BCUT2D eigenvalue weighted by Crippen LogP contribution is 2.38. The number of thiazole rings is 1. The molecule has 0 bridgehead atoms. The summed E-state index contributed by atoms with van der Waals surface area (Å²) in [7, 11) is 0. The number of carbonyl (C=O) groups excluding carboxylic acids is 1. The summed E-state index contributed by atoms with van der Waals surface area (Å²) in [5.41, 5.74) is 3.14. The molecule has 1 aliphatic heterocycles. The normalized spacial score (nSPS) is 22.4. The minimum Gasteiger partial charge on any atom is -0.349 e. The largest absolute Gasteiger partial charge is 0.349 e. The Morgan fingerprint density at radius 2 is 1.97 bits per heavy atom. The summed E-state index contributed by atoms with van der Waals surface area (Å²) < 4.78 is 0. The van der Waals surface area contributed by atoms with Crippen LogP contribution in [0, 0.1) is 24.8 Å². The van der Waals surface area contributed by atoms with Gasteiger partial charge in [-0.3, -0.25) is 4.79 Å². The number of aromatic nitrogens is 1. The van der Waals surface area contributed by atoms with Crippen LogP contribution < -0.4 is 16.0 Å². The second kappa shape index (κ2) is 10.3. The van der Waals surface area contributed by atoms with Crippen molar-refractivity contribution < 1.29 is 4.79 Å². The standard InChI is InChI=1S/C25H32N4OS/c1-17(24-16-31-18(2)28-24)27-14-9-19-3-4-22(15-19)20-5-7-21(8-6-20)25(30)29-23-10-12-26-13-11-23/h5-8,16-17,19,22-23,26-27H,3-4,10-13,15H2,1-2H3,(H,29,30)/t17-,19?,22+/m1/s1. The molecular formula is C25H32N4OS. The molecule has 1 aromatic carbocycles. The summed E-state index contributed by atoms with van der Waals surface area (Å²) in [4.78, 5) is 17.0. The third-order valence-corrected chi connectivity index (χ3v) is 7.19. The zero-order valence-electron chi connectivity index (χ0n) is 18.4. The Morgan fingerprint density at radius 3 is 2.68 bits per heavy atom. The van der Waals surface area contributed by atoms with E-state index in [1.807, 2.05) is 19.1 Å². The van der Waals surface area contributed by atoms with Crippen molar-refractivity contribution in [3.05, 3.63) is 51.5 Å². The molecule has 1 aliphatic carbocycles. The Labute approximate surface area is 189 Å². The van der Waals surface area contributed by atoms with E-state index in [2.05, 4.69) is 57.3 Å². The molecular weight excluding hydrogens is 404 g/mol. The second-order valence-electron chi connectivity index (χ2n) is 8.75. The van der Waals surface area contributed by atoms with Crippen LogP contribution in [-0.2, 0) is 0 Å². The van der Waals surface area contributed by atoms with E-state index >= 15 is 0 Å². The van der Waals surface area contributed by atoms with Gasteiger partial charge in [-0.1, -0.05) is 18.1 Å². The lowest BCUT2D eigenvalue weighted by Gasteiger charge is -2.23. The fourth-order valence-electron chi connectivity index (χ4n) is 4.46. The van der Waals surface area contributed by atoms with E-state index < -0.39 is 0 Å². The number of piperidine rings is 1. The van der Waals surface area contributed by atoms with Gasteiger partial charge in [0.05, 0.1) is 16.7 Å². The minimum atomic E-state index is 0.0455. The highest BCUT2D eigenvalue weighted by molar-refractivity contribution is 7.09. The first-order valence-corrected chi connectivity index (χ1v) is 12.3. The van der Waals surface area contributed by atoms with Gasteiger partial charge in [0.2, 0.25) is 0 Å². The van der Waals surface area contributed by atoms with Crippen molar-refractivity contribution in [1.82, 2.24) is 20.9 Å². The smallest absolute Gasteiger partial charge is 0.251 e. The highest BCUT2D eigenvalue weighted by Gasteiger charge is 2.25. The molecule has 3 N–H and O–H groups in total. The van der Waals surface area contributed by atoms with Gasteiger partial charge in [-0.15, -0.1) is 11.3 Å². The summed E-state index contributed by atoms with van der Waals surface area (Å²) in [5.74, 6) is 4.40. The number of carbonyl (C=O) groups is 1. The van der Waals surface area contributed by atoms with Crippen LogP contribution in [0.25, 0.3) is 0 Å². The number of benzene rings is 1. The first kappa shape index (κ1) is 21.9. The lowest BCUT2D eigenvalue weighted by Crippen LogP contribution is -2.42. The summed E-state index contributed by atoms with van der Waals surface area (Å²) in [5, 5.41) is 13.0. The monoisotopic (exact) mass is 436 g/mol. The van der Waals surface area contributed by atoms with E-state index in [-0.39, 0.29) is 11.9 Å². The summed E-state index contributed by atoms with van der Waals surface area (Å²) in [6, 6.07) is 11.8. The van der Waals surface area contributed by atoms with Crippen molar-refractivity contribution in [2.45, 2.75) is 64.0 Å². The zero-order valence-corrected chi connectivity index (χ0v) is 19.2. The highest BCUT2D eigenvalue weighted by atomic mass is 32.1. The zero-order chi connectivity index (χ0) is 21.6. The molecule has 1 saturated carbocycles. The topological polar surface area (TPSA) is 66.0 Å². The molecule has 1 saturated heterocycles. The van der Waals surface area contributed by atoms with Gasteiger partial charge in [-0.25, -0.2) is 4.98 Å². The van der Waals surface area contributed by atoms with E-state index in [9.17, 15) is 4.79 Å². The average molecular weight is 437 g/mol. The Hall–Kier alpha value is -2.36. The Balaban J connectivity index is 1.26. The molecule has 4 rings (SSSR count). The molecule has 2 aromatic rings. The van der Waals surface area contributed by atoms with E-state index in [1.165, 1.54) is 5.56 Å². The minimum absolute atomic E-state index is 0.0455. The van der Waals surface area contributed by atoms with Gasteiger partial charge < -0.3 is 16.0 Å². The molecule has 2 aliphatic rings. The van der Waals surface area contributed by atoms with Crippen molar-refractivity contribution in [2.24, 2.45) is 5.92 Å². The van der Waals surface area contributed by atoms with Gasteiger partial charge in [-0.2, -0.15) is 0 Å². The van der Waals surface area contributed by atoms with Crippen LogP contribution in [0.15, 0.2) is 29.6 Å². The maximum atomic E-state index is 12.5. The van der Waals surface area contributed by atoms with Crippen molar-refractivity contribution >= 4 is 17.2 Å². The summed E-state index contributed by atoms with van der Waals surface area (Å²) >= 11 is 1.67. The van der Waals surface area contributed by atoms with E-state index in [4.69, 9.17) is 0 Å². The molecule has 164 valence electrons. The summed E-state index contributed by atoms with van der Waals surface area (Å²) in [6.07, 6.45) is 5.37. The fourth-order valence-corrected chi connectivity index (χ4v) is 5.17. The van der Waals surface area contributed by atoms with Gasteiger partial charge >= 0.3 is 0 Å². The van der Waals surface area contributed by atoms with Crippen LogP contribution in [0.5, 0.6) is 0 Å². The quantitative estimate of drug-likeness (QED) is 0.487. The van der Waals surface area contributed by atoms with Gasteiger partial charge in [0, 0.05) is 28.9 Å². The maximum absolute atomic E-state index is 12.5. The van der Waals surface area contributed by atoms with Crippen molar-refractivity contribution in [3.8, 4) is 12.0 Å². The van der Waals surface area contributed by atoms with Gasteiger partial charge in [0.1, 0.15) is 0 Å². The van der Waals surface area contributed by atoms with Crippen molar-refractivity contribution in [2.75, 3.05) is 13.1 Å². The van der Waals surface area contributed by atoms with Gasteiger partial charge in [0.15, 0.2) is 0 Å². The number of nitrogens with zero attached hydrogens (tertiary/aromatic N) is 1. The third kappa shape index (κ3) is 5.87. The predicted octanol–water partition coefficient (Wildman–Crippen LogP) is 4.13. The Morgan fingerprint density at radius 1 is 1.19 bits per heavy atom. The fraction of sp³-hybridized carbons (Fsp3) is 0.520. The predicted molar refractivity (Wildman–Crippen MR) is 126 cm³/mol. The molecule has 1 aromatic heterocycles. The molecule has 1 amide bonds. The molecule has 2 fully saturated rings. The SMILES string of the molecule is Cc1nc([C@@H](C)NC#CC2CC[C@H](c3ccc(C(=O)NC4CCNCC4)cc3)C2)cs1. The molecule has 5 nitrogen and oxygen atoms in total. The maximum Gasteiger partial charge on any atom is 0.251 e. The van der Waals surface area contributed by atoms with Crippen molar-refractivity contribution in [3.63, 3.8) is 0 Å². The van der Waals surface area contributed by atoms with Crippen LogP contribution >= 0.6 is 11.3 Å². The Kier molecular flexibility index (Phi) is 7.26. The summed E-state index contributed by atoms with van der Waals surface area (Å²) in [6.45, 7) is 6.09. The van der Waals surface area contributed by atoms with Crippen LogP contribution in [0.2, 0.25) is 0 Å². The third-order valence-electron chi connectivity index (χ3n) is 6.40. The van der Waals surface area contributed by atoms with Crippen LogP contribution in [0.4, 0.5) is 0 Å². The molecule has 0 radical (unpaired) electrons. The first-order chi connectivity index (χ1) is 15.1. The molecule has 2 heterocycles. The first-order valence-electron chi connectivity index (χ1n) is 11.4. The van der Waals surface area contributed by atoms with E-state index in [1.54, 1.807) is 11.3 Å². The average Bonchev–Trinajstić information content (AvgIpc) is 3.44. The molecule has 31 heavy (non-hydrogen) atoms. The van der Waals surface area contributed by atoms with Gasteiger partial charge in [-0.05, 0) is 82.7 Å². The van der Waals surface area contributed by atoms with Crippen LogP contribution in [0.1, 0.15) is 77.6 Å². The lowest BCUT2D eigenvalue weighted by molar-refractivity contribution is 0.0929. The lowest BCUT2D eigenvalue weighted by atomic mass is 9.95. The molecule has 1 unspecified atom stereocenters. The number of hydrogen-bond acceptors (Lipinski definition) is 5. The molecule has 3 atom stereocenters. The molecule has 6 heteroatoms.